The van der Waals surface area contributed by atoms with Crippen LogP contribution in [-0.4, -0.2) is 16.9 Å². The van der Waals surface area contributed by atoms with Gasteiger partial charge in [0.25, 0.3) is 0 Å². The quantitative estimate of drug-likeness (QED) is 0.460. The molecule has 0 radical (unpaired) electrons. The van der Waals surface area contributed by atoms with Crippen LogP contribution in [0.2, 0.25) is 0 Å². The molecule has 28 heavy (non-hydrogen) atoms. The van der Waals surface area contributed by atoms with Crippen LogP contribution in [0.4, 0.5) is 4.39 Å². The van der Waals surface area contributed by atoms with Gasteiger partial charge >= 0.3 is 5.97 Å². The molecule has 0 spiro atoms. The Morgan fingerprint density at radius 2 is 1.46 bits per heavy atom. The van der Waals surface area contributed by atoms with Crippen molar-refractivity contribution >= 4 is 23.9 Å². The summed E-state index contributed by atoms with van der Waals surface area (Å²) < 4.78 is 13.6. The lowest BCUT2D eigenvalue weighted by molar-refractivity contribution is -0.131. The van der Waals surface area contributed by atoms with Gasteiger partial charge in [-0.15, -0.1) is 0 Å². The van der Waals surface area contributed by atoms with Gasteiger partial charge in [-0.1, -0.05) is 60.7 Å². The van der Waals surface area contributed by atoms with E-state index in [2.05, 4.69) is 0 Å². The minimum atomic E-state index is -1.02. The third-order valence-corrected chi connectivity index (χ3v) is 4.08. The van der Waals surface area contributed by atoms with Gasteiger partial charge in [0, 0.05) is 11.6 Å². The predicted octanol–water partition coefficient (Wildman–Crippen LogP) is 5.49. The molecule has 3 aromatic rings. The standard InChI is InChI=1S/C24H17FO3/c25-20-8-4-7-19(16-20)21-9-1-2-10-22(21)23(26)13-11-17-5-3-6-18(15-17)12-14-24(27)28/h1-16H,(H,27,28)/b13-11+,14-12+. The van der Waals surface area contributed by atoms with Gasteiger partial charge < -0.3 is 5.11 Å². The van der Waals surface area contributed by atoms with E-state index in [1.54, 1.807) is 60.7 Å². The van der Waals surface area contributed by atoms with E-state index in [9.17, 15) is 14.0 Å². The van der Waals surface area contributed by atoms with Crippen LogP contribution in [-0.2, 0) is 4.79 Å². The minimum absolute atomic E-state index is 0.202. The molecule has 0 heterocycles. The molecule has 0 aliphatic rings. The summed E-state index contributed by atoms with van der Waals surface area (Å²) in [5, 5.41) is 8.71. The van der Waals surface area contributed by atoms with Crippen LogP contribution in [0, 0.1) is 5.82 Å². The Kier molecular flexibility index (Phi) is 5.92. The first-order chi connectivity index (χ1) is 13.5. The molecular weight excluding hydrogens is 355 g/mol. The lowest BCUT2D eigenvalue weighted by Gasteiger charge is -2.07. The molecule has 0 aromatic heterocycles. The van der Waals surface area contributed by atoms with Gasteiger partial charge in [-0.3, -0.25) is 4.79 Å². The number of carboxylic acids is 1. The normalized spacial score (nSPS) is 11.2. The number of carboxylic acid groups (broad SMARTS) is 1. The van der Waals surface area contributed by atoms with Crippen molar-refractivity contribution in [3.05, 3.63) is 107 Å². The second-order valence-corrected chi connectivity index (χ2v) is 6.10. The van der Waals surface area contributed by atoms with Gasteiger partial charge in [-0.25, -0.2) is 9.18 Å². The number of carbonyl (C=O) groups is 2. The van der Waals surface area contributed by atoms with Crippen LogP contribution >= 0.6 is 0 Å². The van der Waals surface area contributed by atoms with Crippen molar-refractivity contribution < 1.29 is 19.1 Å². The van der Waals surface area contributed by atoms with Crippen LogP contribution in [0.1, 0.15) is 21.5 Å². The fourth-order valence-corrected chi connectivity index (χ4v) is 2.80. The molecule has 0 unspecified atom stereocenters. The number of rotatable bonds is 6. The molecule has 0 saturated carbocycles. The number of halogens is 1. The van der Waals surface area contributed by atoms with Gasteiger partial charge in [0.2, 0.25) is 0 Å². The zero-order valence-electron chi connectivity index (χ0n) is 14.9. The highest BCUT2D eigenvalue weighted by Crippen LogP contribution is 2.25. The SMILES string of the molecule is O=C(O)/C=C/c1cccc(/C=C/C(=O)c2ccccc2-c2cccc(F)c2)c1. The first-order valence-electron chi connectivity index (χ1n) is 8.61. The van der Waals surface area contributed by atoms with E-state index in [1.807, 2.05) is 6.07 Å². The predicted molar refractivity (Wildman–Crippen MR) is 108 cm³/mol. The van der Waals surface area contributed by atoms with Gasteiger partial charge in [0.1, 0.15) is 5.82 Å². The van der Waals surface area contributed by atoms with Gasteiger partial charge in [0.15, 0.2) is 5.78 Å². The zero-order valence-corrected chi connectivity index (χ0v) is 14.9. The molecule has 1 N–H and O–H groups in total. The third kappa shape index (κ3) is 4.89. The summed E-state index contributed by atoms with van der Waals surface area (Å²) in [6.07, 6.45) is 5.67. The second kappa shape index (κ2) is 8.73. The number of ketones is 1. The number of hydrogen-bond acceptors (Lipinski definition) is 2. The average Bonchev–Trinajstić information content (AvgIpc) is 2.71. The fourth-order valence-electron chi connectivity index (χ4n) is 2.80. The van der Waals surface area contributed by atoms with Crippen molar-refractivity contribution in [2.75, 3.05) is 0 Å². The van der Waals surface area contributed by atoms with Crippen LogP contribution in [0.15, 0.2) is 84.9 Å². The second-order valence-electron chi connectivity index (χ2n) is 6.10. The van der Waals surface area contributed by atoms with Crippen molar-refractivity contribution in [2.45, 2.75) is 0 Å². The number of allylic oxidation sites excluding steroid dienone is 1. The summed E-state index contributed by atoms with van der Waals surface area (Å²) >= 11 is 0. The van der Waals surface area contributed by atoms with Crippen molar-refractivity contribution in [1.82, 2.24) is 0 Å². The Morgan fingerprint density at radius 1 is 0.786 bits per heavy atom. The van der Waals surface area contributed by atoms with E-state index in [0.717, 1.165) is 17.2 Å². The Balaban J connectivity index is 1.86. The van der Waals surface area contributed by atoms with Crippen molar-refractivity contribution in [3.8, 4) is 11.1 Å². The number of hydrogen-bond donors (Lipinski definition) is 1. The number of aliphatic carboxylic acids is 1. The summed E-state index contributed by atoms with van der Waals surface area (Å²) in [6.45, 7) is 0. The highest BCUT2D eigenvalue weighted by atomic mass is 19.1. The van der Waals surface area contributed by atoms with E-state index in [-0.39, 0.29) is 11.6 Å². The molecular formula is C24H17FO3. The van der Waals surface area contributed by atoms with Crippen LogP contribution in [0.3, 0.4) is 0 Å². The van der Waals surface area contributed by atoms with E-state index in [4.69, 9.17) is 5.11 Å². The van der Waals surface area contributed by atoms with E-state index < -0.39 is 5.97 Å². The molecule has 3 rings (SSSR count). The van der Waals surface area contributed by atoms with E-state index in [0.29, 0.717) is 16.7 Å². The monoisotopic (exact) mass is 372 g/mol. The smallest absolute Gasteiger partial charge is 0.328 e. The molecule has 0 atom stereocenters. The summed E-state index contributed by atoms with van der Waals surface area (Å²) in [4.78, 5) is 23.4. The Hall–Kier alpha value is -3.79. The summed E-state index contributed by atoms with van der Waals surface area (Å²) in [5.74, 6) is -1.59. The van der Waals surface area contributed by atoms with Crippen molar-refractivity contribution in [3.63, 3.8) is 0 Å². The molecule has 0 aliphatic carbocycles. The Bertz CT molecular complexity index is 1080. The minimum Gasteiger partial charge on any atom is -0.478 e. The van der Waals surface area contributed by atoms with Gasteiger partial charge in [-0.2, -0.15) is 0 Å². The van der Waals surface area contributed by atoms with E-state index >= 15 is 0 Å². The maximum absolute atomic E-state index is 13.6. The molecule has 138 valence electrons. The molecule has 0 aliphatic heterocycles. The first-order valence-corrected chi connectivity index (χ1v) is 8.61. The van der Waals surface area contributed by atoms with Gasteiger partial charge in [-0.05, 0) is 52.6 Å². The fraction of sp³-hybridized carbons (Fsp3) is 0. The summed E-state index contributed by atoms with van der Waals surface area (Å²) in [7, 11) is 0. The largest absolute Gasteiger partial charge is 0.478 e. The average molecular weight is 372 g/mol. The highest BCUT2D eigenvalue weighted by Gasteiger charge is 2.10. The van der Waals surface area contributed by atoms with Crippen molar-refractivity contribution in [2.24, 2.45) is 0 Å². The maximum atomic E-state index is 13.6. The lowest BCUT2D eigenvalue weighted by Crippen LogP contribution is -1.98. The molecule has 3 nitrogen and oxygen atoms in total. The molecule has 4 heteroatoms. The van der Waals surface area contributed by atoms with Crippen molar-refractivity contribution in [1.29, 1.82) is 0 Å². The maximum Gasteiger partial charge on any atom is 0.328 e. The summed E-state index contributed by atoms with van der Waals surface area (Å²) in [6, 6.07) is 20.3. The first kappa shape index (κ1) is 19.0. The molecule has 0 bridgehead atoms. The Labute approximate surface area is 162 Å². The van der Waals surface area contributed by atoms with Crippen LogP contribution < -0.4 is 0 Å². The third-order valence-electron chi connectivity index (χ3n) is 4.08. The summed E-state index contributed by atoms with van der Waals surface area (Å²) in [5.41, 5.74) is 3.26. The molecule has 0 amide bonds. The Morgan fingerprint density at radius 3 is 2.18 bits per heavy atom. The van der Waals surface area contributed by atoms with E-state index in [1.165, 1.54) is 24.3 Å². The highest BCUT2D eigenvalue weighted by molar-refractivity contribution is 6.11. The number of carbonyl (C=O) groups excluding carboxylic acids is 1. The topological polar surface area (TPSA) is 54.4 Å². The molecule has 3 aromatic carbocycles. The van der Waals surface area contributed by atoms with Gasteiger partial charge in [0.05, 0.1) is 0 Å². The molecule has 0 saturated heterocycles. The molecule has 0 fully saturated rings. The lowest BCUT2D eigenvalue weighted by atomic mass is 9.96. The van der Waals surface area contributed by atoms with Crippen LogP contribution in [0.25, 0.3) is 23.3 Å². The zero-order chi connectivity index (χ0) is 19.9. The van der Waals surface area contributed by atoms with Crippen LogP contribution in [0.5, 0.6) is 0 Å². The number of benzene rings is 3.